The van der Waals surface area contributed by atoms with Gasteiger partial charge in [0.15, 0.2) is 11.6 Å². The topological polar surface area (TPSA) is 105 Å². The highest BCUT2D eigenvalue weighted by Gasteiger charge is 2.63. The van der Waals surface area contributed by atoms with Crippen molar-refractivity contribution in [2.45, 2.75) is 32.7 Å². The molecule has 1 spiro atoms. The molecule has 2 fully saturated rings. The molecule has 3 aliphatic rings. The van der Waals surface area contributed by atoms with Crippen molar-refractivity contribution in [2.75, 3.05) is 33.9 Å². The number of halogens is 2. The highest BCUT2D eigenvalue weighted by molar-refractivity contribution is 6.32. The Kier molecular flexibility index (Phi) is 7.43. The van der Waals surface area contributed by atoms with Gasteiger partial charge in [-0.25, -0.2) is 4.39 Å². The molecule has 0 aromatic heterocycles. The predicted octanol–water partition coefficient (Wildman–Crippen LogP) is 3.34. The standard InChI is InChI=1S/C26H30ClFN2O6/c1-4-36-18-9-8-14(21(28)20(18)27)11-29-24(33)16-6-5-7-17-19(23(32)22(16)31)25(34)30(2)13-26(17)10-15(26)12-35-3/h6,8-9,15,17,32H,4-5,7,10-13H2,1-3H3,(H,29,33)/b16-6+,23-19-/t15-,17?,26-/m0/s1. The minimum atomic E-state index is -0.917. The number of aliphatic hydroxyl groups is 1. The molecule has 1 unspecified atom stereocenters. The van der Waals surface area contributed by atoms with Gasteiger partial charge >= 0.3 is 0 Å². The van der Waals surface area contributed by atoms with Crippen LogP contribution in [-0.4, -0.2) is 61.5 Å². The molecule has 194 valence electrons. The van der Waals surface area contributed by atoms with Crippen LogP contribution in [0.3, 0.4) is 0 Å². The molecule has 0 bridgehead atoms. The average molecular weight is 521 g/mol. The van der Waals surface area contributed by atoms with Crippen LogP contribution in [0.25, 0.3) is 0 Å². The number of nitrogens with zero attached hydrogens (tertiary/aromatic N) is 1. The molecule has 0 radical (unpaired) electrons. The quantitative estimate of drug-likeness (QED) is 0.534. The van der Waals surface area contributed by atoms with E-state index in [-0.39, 0.29) is 51.3 Å². The Morgan fingerprint density at radius 1 is 1.36 bits per heavy atom. The van der Waals surface area contributed by atoms with Crippen molar-refractivity contribution in [2.24, 2.45) is 17.3 Å². The number of methoxy groups -OCH3 is 1. The van der Waals surface area contributed by atoms with E-state index in [9.17, 15) is 23.9 Å². The summed E-state index contributed by atoms with van der Waals surface area (Å²) < 4.78 is 25.2. The zero-order chi connectivity index (χ0) is 26.2. The molecule has 8 nitrogen and oxygen atoms in total. The van der Waals surface area contributed by atoms with E-state index in [0.717, 1.165) is 6.42 Å². The maximum atomic E-state index is 14.6. The van der Waals surface area contributed by atoms with Gasteiger partial charge in [0.1, 0.15) is 10.8 Å². The number of carbonyl (C=O) groups is 3. The van der Waals surface area contributed by atoms with Crippen molar-refractivity contribution in [3.63, 3.8) is 0 Å². The van der Waals surface area contributed by atoms with Crippen molar-refractivity contribution in [3.8, 4) is 5.75 Å². The molecule has 1 aromatic carbocycles. The number of carbonyl (C=O) groups excluding carboxylic acids is 3. The van der Waals surface area contributed by atoms with Gasteiger partial charge in [0.05, 0.1) is 17.8 Å². The minimum Gasteiger partial charge on any atom is -0.504 e. The van der Waals surface area contributed by atoms with Crippen LogP contribution < -0.4 is 10.1 Å². The Bertz CT molecular complexity index is 1170. The fraction of sp³-hybridized carbons (Fsp3) is 0.500. The van der Waals surface area contributed by atoms with Gasteiger partial charge in [-0.3, -0.25) is 14.4 Å². The van der Waals surface area contributed by atoms with Crippen molar-refractivity contribution in [3.05, 3.63) is 51.5 Å². The first kappa shape index (κ1) is 26.2. The van der Waals surface area contributed by atoms with Crippen LogP contribution in [0.2, 0.25) is 5.02 Å². The maximum absolute atomic E-state index is 14.6. The zero-order valence-corrected chi connectivity index (χ0v) is 21.3. The van der Waals surface area contributed by atoms with Crippen molar-refractivity contribution in [1.82, 2.24) is 10.2 Å². The molecule has 2 aliphatic carbocycles. The summed E-state index contributed by atoms with van der Waals surface area (Å²) in [7, 11) is 3.27. The first-order chi connectivity index (χ1) is 17.2. The van der Waals surface area contributed by atoms with E-state index in [1.807, 2.05) is 0 Å². The summed E-state index contributed by atoms with van der Waals surface area (Å²) in [6.45, 7) is 2.90. The van der Waals surface area contributed by atoms with Crippen LogP contribution in [0, 0.1) is 23.1 Å². The molecule has 1 saturated carbocycles. The Morgan fingerprint density at radius 3 is 2.81 bits per heavy atom. The van der Waals surface area contributed by atoms with Crippen LogP contribution in [0.5, 0.6) is 5.75 Å². The number of amides is 2. The third-order valence-corrected chi connectivity index (χ3v) is 7.78. The van der Waals surface area contributed by atoms with E-state index in [4.69, 9.17) is 21.1 Å². The number of ether oxygens (including phenoxy) is 2. The monoisotopic (exact) mass is 520 g/mol. The lowest BCUT2D eigenvalue weighted by molar-refractivity contribution is -0.132. The summed E-state index contributed by atoms with van der Waals surface area (Å²) in [5, 5.41) is 13.3. The Labute approximate surface area is 214 Å². The second-order valence-corrected chi connectivity index (χ2v) is 9.93. The van der Waals surface area contributed by atoms with Crippen molar-refractivity contribution < 1.29 is 33.4 Å². The molecule has 3 atom stereocenters. The highest BCUT2D eigenvalue weighted by Crippen LogP contribution is 2.63. The van der Waals surface area contributed by atoms with E-state index < -0.39 is 29.2 Å². The summed E-state index contributed by atoms with van der Waals surface area (Å²) in [4.78, 5) is 40.7. The molecule has 1 aromatic rings. The van der Waals surface area contributed by atoms with Crippen LogP contribution in [0.1, 0.15) is 31.7 Å². The van der Waals surface area contributed by atoms with E-state index in [1.54, 1.807) is 21.1 Å². The lowest BCUT2D eigenvalue weighted by Crippen LogP contribution is -2.48. The van der Waals surface area contributed by atoms with Gasteiger partial charge in [-0.15, -0.1) is 0 Å². The normalized spacial score (nSPS) is 29.2. The Balaban J connectivity index is 1.55. The van der Waals surface area contributed by atoms with Gasteiger partial charge in [0.25, 0.3) is 11.8 Å². The number of likely N-dealkylation sites (tertiary alicyclic amines) is 1. The first-order valence-electron chi connectivity index (χ1n) is 12.0. The van der Waals surface area contributed by atoms with Crippen LogP contribution in [0.15, 0.2) is 35.1 Å². The second-order valence-electron chi connectivity index (χ2n) is 9.56. The molecule has 36 heavy (non-hydrogen) atoms. The number of hydrogen-bond donors (Lipinski definition) is 2. The van der Waals surface area contributed by atoms with Crippen molar-refractivity contribution in [1.29, 1.82) is 0 Å². The fourth-order valence-electron chi connectivity index (χ4n) is 5.59. The molecule has 2 amide bonds. The number of aliphatic hydroxyl groups excluding tert-OH is 1. The summed E-state index contributed by atoms with van der Waals surface area (Å²) >= 11 is 6.01. The van der Waals surface area contributed by atoms with Crippen LogP contribution >= 0.6 is 11.6 Å². The first-order valence-corrected chi connectivity index (χ1v) is 12.3. The number of piperidine rings is 1. The molecular formula is C26H30ClFN2O6. The molecule has 1 heterocycles. The third-order valence-electron chi connectivity index (χ3n) is 7.43. The zero-order valence-electron chi connectivity index (χ0n) is 20.5. The third kappa shape index (κ3) is 4.50. The number of benzene rings is 1. The minimum absolute atomic E-state index is 0.0649. The Morgan fingerprint density at radius 2 is 2.11 bits per heavy atom. The number of ketones is 1. The lowest BCUT2D eigenvalue weighted by Gasteiger charge is -2.40. The number of nitrogens with one attached hydrogen (secondary N) is 1. The van der Waals surface area contributed by atoms with Gasteiger partial charge in [-0.1, -0.05) is 23.7 Å². The fourth-order valence-corrected chi connectivity index (χ4v) is 5.83. The van der Waals surface area contributed by atoms with Gasteiger partial charge in [-0.2, -0.15) is 0 Å². The number of allylic oxidation sites excluding steroid dienone is 2. The molecule has 1 saturated heterocycles. The molecule has 2 N–H and O–H groups in total. The lowest BCUT2D eigenvalue weighted by atomic mass is 9.72. The van der Waals surface area contributed by atoms with Gasteiger partial charge in [-0.05, 0) is 38.2 Å². The van der Waals surface area contributed by atoms with E-state index in [1.165, 1.54) is 23.1 Å². The molecule has 10 heteroatoms. The smallest absolute Gasteiger partial charge is 0.255 e. The SMILES string of the molecule is CCOc1ccc(CNC(=O)/C2=C/CCC3/C(=C(/O)C2=O)C(=O)N(C)C[C@]32C[C@H]2COC)c(F)c1Cl. The highest BCUT2D eigenvalue weighted by atomic mass is 35.5. The van der Waals surface area contributed by atoms with E-state index >= 15 is 0 Å². The molecule has 1 aliphatic heterocycles. The maximum Gasteiger partial charge on any atom is 0.255 e. The average Bonchev–Trinajstić information content (AvgIpc) is 3.52. The van der Waals surface area contributed by atoms with Crippen LogP contribution in [-0.2, 0) is 25.7 Å². The number of fused-ring (bicyclic) bond motifs is 2. The number of likely N-dealkylation sites (N-methyl/N-ethyl adjacent to an activating group) is 1. The largest absolute Gasteiger partial charge is 0.504 e. The second kappa shape index (κ2) is 10.2. The molecular weight excluding hydrogens is 491 g/mol. The number of rotatable bonds is 7. The summed E-state index contributed by atoms with van der Waals surface area (Å²) in [5.74, 6) is -3.41. The van der Waals surface area contributed by atoms with Crippen molar-refractivity contribution >= 4 is 29.2 Å². The summed E-state index contributed by atoms with van der Waals surface area (Å²) in [6.07, 6.45) is 3.20. The van der Waals surface area contributed by atoms with E-state index in [0.29, 0.717) is 32.6 Å². The van der Waals surface area contributed by atoms with E-state index in [2.05, 4.69) is 5.32 Å². The summed E-state index contributed by atoms with van der Waals surface area (Å²) in [6, 6.07) is 2.94. The molecule has 4 rings (SSSR count). The Hall–Kier alpha value is -2.91. The van der Waals surface area contributed by atoms with Crippen LogP contribution in [0.4, 0.5) is 4.39 Å². The number of Topliss-reactive ketones (excluding diaryl/α,β-unsaturated/α-hetero) is 1. The van der Waals surface area contributed by atoms with Gasteiger partial charge < -0.3 is 24.8 Å². The summed E-state index contributed by atoms with van der Waals surface area (Å²) in [5.41, 5.74) is -0.354. The van der Waals surface area contributed by atoms with Gasteiger partial charge in [0.2, 0.25) is 5.78 Å². The van der Waals surface area contributed by atoms with Gasteiger partial charge in [0, 0.05) is 50.8 Å². The number of hydrogen-bond acceptors (Lipinski definition) is 6. The predicted molar refractivity (Wildman–Crippen MR) is 130 cm³/mol.